The summed E-state index contributed by atoms with van der Waals surface area (Å²) >= 11 is 0. The number of fused-ring (bicyclic) bond motifs is 1. The topological polar surface area (TPSA) is 84.5 Å². The van der Waals surface area contributed by atoms with E-state index in [9.17, 15) is 17.6 Å². The molecule has 2 N–H and O–H groups in total. The fourth-order valence-electron chi connectivity index (χ4n) is 2.15. The summed E-state index contributed by atoms with van der Waals surface area (Å²) in [7, 11) is -3.87. The van der Waals surface area contributed by atoms with Gasteiger partial charge in [0.1, 0.15) is 18.2 Å². The highest BCUT2D eigenvalue weighted by atomic mass is 32.2. The molecule has 3 rings (SSSR count). The summed E-state index contributed by atoms with van der Waals surface area (Å²) in [6.45, 7) is 0.726. The lowest BCUT2D eigenvalue weighted by Gasteiger charge is -2.11. The second kappa shape index (κ2) is 5.88. The number of benzene rings is 2. The third-order valence-electron chi connectivity index (χ3n) is 3.25. The molecule has 0 saturated carbocycles. The van der Waals surface area contributed by atoms with Crippen molar-refractivity contribution in [3.8, 4) is 5.75 Å². The number of anilines is 1. The number of carbonyl (C=O) groups is 1. The largest absolute Gasteiger partial charge is 0.491 e. The quantitative estimate of drug-likeness (QED) is 0.894. The molecule has 0 aromatic heterocycles. The third kappa shape index (κ3) is 3.26. The molecule has 2 aromatic rings. The van der Waals surface area contributed by atoms with Gasteiger partial charge in [0.05, 0.1) is 17.0 Å². The van der Waals surface area contributed by atoms with Gasteiger partial charge in [0.2, 0.25) is 0 Å². The number of nitrogens with one attached hydrogen (secondary N) is 2. The smallest absolute Gasteiger partial charge is 0.261 e. The zero-order valence-electron chi connectivity index (χ0n) is 11.9. The van der Waals surface area contributed by atoms with Crippen LogP contribution in [-0.2, 0) is 10.0 Å². The summed E-state index contributed by atoms with van der Waals surface area (Å²) in [5, 5.41) is 2.65. The minimum atomic E-state index is -3.87. The van der Waals surface area contributed by atoms with Crippen molar-refractivity contribution in [2.45, 2.75) is 4.90 Å². The van der Waals surface area contributed by atoms with Crippen molar-refractivity contribution < 1.29 is 22.3 Å². The van der Waals surface area contributed by atoms with E-state index in [1.165, 1.54) is 18.2 Å². The standard InChI is InChI=1S/C15H13FN2O4S/c16-10-1-4-12(5-2-10)23(20,21)18-11-3-6-14-13(9-11)15(19)17-7-8-22-14/h1-6,9,18H,7-8H2,(H,17,19). The first kappa shape index (κ1) is 15.3. The van der Waals surface area contributed by atoms with Crippen LogP contribution in [0.2, 0.25) is 0 Å². The van der Waals surface area contributed by atoms with Gasteiger partial charge in [-0.05, 0) is 42.5 Å². The lowest BCUT2D eigenvalue weighted by atomic mass is 10.1. The zero-order chi connectivity index (χ0) is 16.4. The maximum Gasteiger partial charge on any atom is 0.261 e. The monoisotopic (exact) mass is 336 g/mol. The summed E-state index contributed by atoms with van der Waals surface area (Å²) in [5.74, 6) is -0.465. The Morgan fingerprint density at radius 2 is 1.87 bits per heavy atom. The highest BCUT2D eigenvalue weighted by molar-refractivity contribution is 7.92. The second-order valence-electron chi connectivity index (χ2n) is 4.87. The predicted molar refractivity (Wildman–Crippen MR) is 81.5 cm³/mol. The molecule has 0 spiro atoms. The Labute approximate surface area is 132 Å². The summed E-state index contributed by atoms with van der Waals surface area (Å²) < 4.78 is 45.2. The third-order valence-corrected chi connectivity index (χ3v) is 4.64. The van der Waals surface area contributed by atoms with E-state index in [0.717, 1.165) is 24.3 Å². The average Bonchev–Trinajstić information content (AvgIpc) is 2.69. The van der Waals surface area contributed by atoms with Gasteiger partial charge in [0.15, 0.2) is 0 Å². The minimum Gasteiger partial charge on any atom is -0.491 e. The Morgan fingerprint density at radius 1 is 1.13 bits per heavy atom. The number of carbonyl (C=O) groups excluding carboxylic acids is 1. The molecule has 0 fully saturated rings. The molecule has 0 bridgehead atoms. The van der Waals surface area contributed by atoms with Crippen LogP contribution in [0.3, 0.4) is 0 Å². The maximum absolute atomic E-state index is 12.9. The lowest BCUT2D eigenvalue weighted by Crippen LogP contribution is -2.24. The minimum absolute atomic E-state index is 0.0745. The van der Waals surface area contributed by atoms with Crippen molar-refractivity contribution >= 4 is 21.6 Å². The number of sulfonamides is 1. The lowest BCUT2D eigenvalue weighted by molar-refractivity contribution is 0.0957. The first-order chi connectivity index (χ1) is 11.0. The summed E-state index contributed by atoms with van der Waals surface area (Å²) in [5.41, 5.74) is 0.468. The van der Waals surface area contributed by atoms with Gasteiger partial charge >= 0.3 is 0 Å². The highest BCUT2D eigenvalue weighted by Gasteiger charge is 2.19. The Morgan fingerprint density at radius 3 is 2.61 bits per heavy atom. The predicted octanol–water partition coefficient (Wildman–Crippen LogP) is 1.75. The molecule has 6 nitrogen and oxygen atoms in total. The Kier molecular flexibility index (Phi) is 3.91. The molecule has 1 heterocycles. The molecule has 1 amide bonds. The van der Waals surface area contributed by atoms with Gasteiger partial charge in [-0.2, -0.15) is 0 Å². The molecule has 0 aliphatic carbocycles. The zero-order valence-corrected chi connectivity index (χ0v) is 12.7. The van der Waals surface area contributed by atoms with E-state index < -0.39 is 15.8 Å². The molecule has 8 heteroatoms. The second-order valence-corrected chi connectivity index (χ2v) is 6.56. The molecule has 0 saturated heterocycles. The van der Waals surface area contributed by atoms with Gasteiger partial charge in [0.25, 0.3) is 15.9 Å². The SMILES string of the molecule is O=C1NCCOc2ccc(NS(=O)(=O)c3ccc(F)cc3)cc21. The molecule has 0 radical (unpaired) electrons. The van der Waals surface area contributed by atoms with Crippen LogP contribution in [-0.4, -0.2) is 27.5 Å². The number of halogens is 1. The molecule has 23 heavy (non-hydrogen) atoms. The molecule has 0 atom stereocenters. The van der Waals surface area contributed by atoms with Crippen molar-refractivity contribution in [2.24, 2.45) is 0 Å². The summed E-state index contributed by atoms with van der Waals surface area (Å²) in [6, 6.07) is 8.88. The van der Waals surface area contributed by atoms with Crippen LogP contribution in [0.1, 0.15) is 10.4 Å². The van der Waals surface area contributed by atoms with Crippen molar-refractivity contribution in [3.05, 3.63) is 53.8 Å². The number of amides is 1. The van der Waals surface area contributed by atoms with Crippen LogP contribution in [0.25, 0.3) is 0 Å². The van der Waals surface area contributed by atoms with E-state index in [2.05, 4.69) is 10.0 Å². The Hall–Kier alpha value is -2.61. The highest BCUT2D eigenvalue weighted by Crippen LogP contribution is 2.25. The van der Waals surface area contributed by atoms with Gasteiger partial charge in [-0.3, -0.25) is 9.52 Å². The van der Waals surface area contributed by atoms with Crippen molar-refractivity contribution in [2.75, 3.05) is 17.9 Å². The van der Waals surface area contributed by atoms with Gasteiger partial charge < -0.3 is 10.1 Å². The Balaban J connectivity index is 1.91. The molecular formula is C15H13FN2O4S. The van der Waals surface area contributed by atoms with Crippen molar-refractivity contribution in [1.29, 1.82) is 0 Å². The maximum atomic E-state index is 12.9. The van der Waals surface area contributed by atoms with Gasteiger partial charge in [-0.15, -0.1) is 0 Å². The van der Waals surface area contributed by atoms with E-state index in [1.54, 1.807) is 0 Å². The average molecular weight is 336 g/mol. The van der Waals surface area contributed by atoms with Gasteiger partial charge in [-0.25, -0.2) is 12.8 Å². The molecule has 1 aliphatic rings. The van der Waals surface area contributed by atoms with Crippen LogP contribution in [0.4, 0.5) is 10.1 Å². The van der Waals surface area contributed by atoms with Gasteiger partial charge in [0, 0.05) is 5.69 Å². The van der Waals surface area contributed by atoms with Crippen LogP contribution in [0, 0.1) is 5.82 Å². The molecule has 0 unspecified atom stereocenters. The first-order valence-electron chi connectivity index (χ1n) is 6.79. The fraction of sp³-hybridized carbons (Fsp3) is 0.133. The van der Waals surface area contributed by atoms with Crippen molar-refractivity contribution in [1.82, 2.24) is 5.32 Å². The van der Waals surface area contributed by atoms with E-state index in [1.807, 2.05) is 0 Å². The number of hydrogen-bond acceptors (Lipinski definition) is 4. The summed E-state index contributed by atoms with van der Waals surface area (Å²) in [4.78, 5) is 11.8. The van der Waals surface area contributed by atoms with Crippen molar-refractivity contribution in [3.63, 3.8) is 0 Å². The van der Waals surface area contributed by atoms with Crippen LogP contribution in [0.15, 0.2) is 47.4 Å². The Bertz CT molecular complexity index is 850. The number of hydrogen-bond donors (Lipinski definition) is 2. The van der Waals surface area contributed by atoms with Crippen LogP contribution < -0.4 is 14.8 Å². The molecule has 1 aliphatic heterocycles. The molecule has 120 valence electrons. The molecular weight excluding hydrogens is 323 g/mol. The van der Waals surface area contributed by atoms with Crippen LogP contribution in [0.5, 0.6) is 5.75 Å². The fourth-order valence-corrected chi connectivity index (χ4v) is 3.19. The summed E-state index contributed by atoms with van der Waals surface area (Å²) in [6.07, 6.45) is 0. The first-order valence-corrected chi connectivity index (χ1v) is 8.27. The van der Waals surface area contributed by atoms with E-state index in [4.69, 9.17) is 4.74 Å². The molecule has 2 aromatic carbocycles. The number of rotatable bonds is 3. The van der Waals surface area contributed by atoms with Crippen LogP contribution >= 0.6 is 0 Å². The normalized spacial score (nSPS) is 14.2. The number of ether oxygens (including phenoxy) is 1. The van der Waals surface area contributed by atoms with Gasteiger partial charge in [-0.1, -0.05) is 0 Å². The van der Waals surface area contributed by atoms with E-state index >= 15 is 0 Å². The van der Waals surface area contributed by atoms with E-state index in [0.29, 0.717) is 18.9 Å². The van der Waals surface area contributed by atoms with E-state index in [-0.39, 0.29) is 22.1 Å².